The molecule has 3 aromatic rings. The van der Waals surface area contributed by atoms with Crippen molar-refractivity contribution >= 4 is 34.5 Å². The van der Waals surface area contributed by atoms with Gasteiger partial charge in [-0.05, 0) is 12.1 Å². The molecule has 5 nitrogen and oxygen atoms in total. The zero-order valence-electron chi connectivity index (χ0n) is 10.9. The van der Waals surface area contributed by atoms with Gasteiger partial charge in [0.25, 0.3) is 0 Å². The molecule has 0 saturated heterocycles. The number of aliphatic carboxylic acids is 1. The molecule has 2 N–H and O–H groups in total. The number of H-pyrrole nitrogens is 1. The molecular formula is C15H12N2O3S. The van der Waals surface area contributed by atoms with Crippen LogP contribution in [-0.2, 0) is 9.59 Å². The summed E-state index contributed by atoms with van der Waals surface area (Å²) < 4.78 is 0. The molecule has 0 amide bonds. The molecule has 2 heterocycles. The number of carboxylic acid groups (broad SMARTS) is 1. The zero-order valence-corrected chi connectivity index (χ0v) is 11.8. The van der Waals surface area contributed by atoms with Crippen LogP contribution in [0.1, 0.15) is 17.2 Å². The molecule has 0 saturated carbocycles. The number of hydrogen-bond acceptors (Lipinski definition) is 4. The topological polar surface area (TPSA) is 83.1 Å². The lowest BCUT2D eigenvalue weighted by molar-refractivity contribution is -0.139. The molecule has 0 fully saturated rings. The van der Waals surface area contributed by atoms with Gasteiger partial charge in [-0.25, -0.2) is 0 Å². The number of carbonyl (C=O) groups excluding carboxylic acids is 1. The van der Waals surface area contributed by atoms with Gasteiger partial charge in [0.15, 0.2) is 0 Å². The number of aromatic amines is 1. The van der Waals surface area contributed by atoms with Gasteiger partial charge in [0.2, 0.25) is 0 Å². The molecule has 106 valence electrons. The fourth-order valence-corrected chi connectivity index (χ4v) is 3.28. The molecule has 0 spiro atoms. The lowest BCUT2D eigenvalue weighted by Gasteiger charge is -2.04. The Hall–Kier alpha value is -2.47. The molecule has 0 radical (unpaired) electrons. The molecule has 0 aliphatic heterocycles. The maximum Gasteiger partial charge on any atom is 0.312 e. The molecule has 1 aromatic carbocycles. The number of benzene rings is 1. The SMILES string of the molecule is O=CCC(C(=O)O)c1cc(-c2n[nH]c3ccccc23)cs1. The summed E-state index contributed by atoms with van der Waals surface area (Å²) in [6.07, 6.45) is 0.624. The largest absolute Gasteiger partial charge is 0.481 e. The van der Waals surface area contributed by atoms with Gasteiger partial charge in [0.05, 0.1) is 11.4 Å². The van der Waals surface area contributed by atoms with Gasteiger partial charge in [0, 0.05) is 27.6 Å². The summed E-state index contributed by atoms with van der Waals surface area (Å²) in [5.41, 5.74) is 2.59. The Labute approximate surface area is 124 Å². The number of aromatic nitrogens is 2. The summed E-state index contributed by atoms with van der Waals surface area (Å²) in [5, 5.41) is 19.3. The summed E-state index contributed by atoms with van der Waals surface area (Å²) in [6.45, 7) is 0. The van der Waals surface area contributed by atoms with Gasteiger partial charge >= 0.3 is 5.97 Å². The molecule has 0 aliphatic rings. The lowest BCUT2D eigenvalue weighted by atomic mass is 10.0. The van der Waals surface area contributed by atoms with Gasteiger partial charge in [-0.15, -0.1) is 11.3 Å². The smallest absolute Gasteiger partial charge is 0.312 e. The predicted molar refractivity (Wildman–Crippen MR) is 80.5 cm³/mol. The third-order valence-electron chi connectivity index (χ3n) is 3.34. The molecule has 0 aliphatic carbocycles. The molecule has 1 atom stereocenters. The number of nitrogens with zero attached hydrogens (tertiary/aromatic N) is 1. The third-order valence-corrected chi connectivity index (χ3v) is 4.38. The number of nitrogens with one attached hydrogen (secondary N) is 1. The quantitative estimate of drug-likeness (QED) is 0.709. The Kier molecular flexibility index (Phi) is 3.53. The highest BCUT2D eigenvalue weighted by Gasteiger charge is 2.22. The number of thiophene rings is 1. The van der Waals surface area contributed by atoms with Gasteiger partial charge in [-0.3, -0.25) is 9.89 Å². The first-order valence-electron chi connectivity index (χ1n) is 6.39. The molecule has 2 aromatic heterocycles. The Morgan fingerprint density at radius 2 is 2.24 bits per heavy atom. The second-order valence-corrected chi connectivity index (χ2v) is 5.59. The highest BCUT2D eigenvalue weighted by molar-refractivity contribution is 7.10. The maximum absolute atomic E-state index is 11.2. The number of carboxylic acids is 1. The summed E-state index contributed by atoms with van der Waals surface area (Å²) in [7, 11) is 0. The van der Waals surface area contributed by atoms with E-state index in [1.165, 1.54) is 11.3 Å². The monoisotopic (exact) mass is 300 g/mol. The van der Waals surface area contributed by atoms with Crippen LogP contribution < -0.4 is 0 Å². The minimum absolute atomic E-state index is 0.0173. The second kappa shape index (κ2) is 5.49. The molecule has 6 heteroatoms. The Morgan fingerprint density at radius 1 is 1.43 bits per heavy atom. The van der Waals surface area contributed by atoms with Crippen LogP contribution in [0.2, 0.25) is 0 Å². The van der Waals surface area contributed by atoms with Crippen LogP contribution in [0.3, 0.4) is 0 Å². The van der Waals surface area contributed by atoms with Crippen LogP contribution in [-0.4, -0.2) is 27.6 Å². The molecule has 0 bridgehead atoms. The fraction of sp³-hybridized carbons (Fsp3) is 0.133. The average Bonchev–Trinajstić information content (AvgIpc) is 3.10. The van der Waals surface area contributed by atoms with Crippen molar-refractivity contribution in [2.24, 2.45) is 0 Å². The third kappa shape index (κ3) is 2.45. The van der Waals surface area contributed by atoms with E-state index in [0.29, 0.717) is 11.2 Å². The summed E-state index contributed by atoms with van der Waals surface area (Å²) in [5.74, 6) is -1.77. The zero-order chi connectivity index (χ0) is 14.8. The summed E-state index contributed by atoms with van der Waals surface area (Å²) in [6, 6.07) is 9.56. The van der Waals surface area contributed by atoms with E-state index in [0.717, 1.165) is 22.2 Å². The number of aldehydes is 1. The predicted octanol–water partition coefficient (Wildman–Crippen LogP) is 3.05. The van der Waals surface area contributed by atoms with Gasteiger partial charge < -0.3 is 9.90 Å². The minimum Gasteiger partial charge on any atom is -0.481 e. The first-order valence-corrected chi connectivity index (χ1v) is 7.27. The highest BCUT2D eigenvalue weighted by atomic mass is 32.1. The first-order chi connectivity index (χ1) is 10.2. The van der Waals surface area contributed by atoms with Crippen LogP contribution in [0.25, 0.3) is 22.2 Å². The van der Waals surface area contributed by atoms with Gasteiger partial charge in [0.1, 0.15) is 12.0 Å². The lowest BCUT2D eigenvalue weighted by Crippen LogP contribution is -2.10. The van der Waals surface area contributed by atoms with Crippen molar-refractivity contribution in [3.8, 4) is 11.3 Å². The van der Waals surface area contributed by atoms with Crippen LogP contribution in [0.5, 0.6) is 0 Å². The second-order valence-electron chi connectivity index (χ2n) is 4.65. The van der Waals surface area contributed by atoms with Crippen molar-refractivity contribution < 1.29 is 14.7 Å². The van der Waals surface area contributed by atoms with Gasteiger partial charge in [-0.1, -0.05) is 18.2 Å². The maximum atomic E-state index is 11.2. The molecule has 3 rings (SSSR count). The van der Waals surface area contributed by atoms with E-state index >= 15 is 0 Å². The van der Waals surface area contributed by atoms with E-state index in [9.17, 15) is 14.7 Å². The van der Waals surface area contributed by atoms with Crippen molar-refractivity contribution in [3.05, 3.63) is 40.6 Å². The number of hydrogen-bond donors (Lipinski definition) is 2. The Morgan fingerprint density at radius 3 is 3.00 bits per heavy atom. The van der Waals surface area contributed by atoms with E-state index < -0.39 is 11.9 Å². The van der Waals surface area contributed by atoms with Gasteiger partial charge in [-0.2, -0.15) is 5.10 Å². The van der Waals surface area contributed by atoms with Crippen molar-refractivity contribution in [3.63, 3.8) is 0 Å². The van der Waals surface area contributed by atoms with Crippen LogP contribution in [0.15, 0.2) is 35.7 Å². The standard InChI is InChI=1S/C15H12N2O3S/c18-6-5-11(15(19)20)13-7-9(8-21-13)14-10-3-1-2-4-12(10)16-17-14/h1-4,6-8,11H,5H2,(H,16,17)(H,19,20). The number of fused-ring (bicyclic) bond motifs is 1. The number of para-hydroxylation sites is 1. The highest BCUT2D eigenvalue weighted by Crippen LogP contribution is 2.33. The van der Waals surface area contributed by atoms with E-state index in [2.05, 4.69) is 10.2 Å². The molecule has 21 heavy (non-hydrogen) atoms. The van der Waals surface area contributed by atoms with E-state index in [-0.39, 0.29) is 6.42 Å². The van der Waals surface area contributed by atoms with Crippen LogP contribution in [0.4, 0.5) is 0 Å². The Bertz CT molecular complexity index is 806. The Balaban J connectivity index is 2.01. The van der Waals surface area contributed by atoms with E-state index in [1.807, 2.05) is 29.6 Å². The first kappa shape index (κ1) is 13.5. The normalized spacial score (nSPS) is 12.4. The summed E-state index contributed by atoms with van der Waals surface area (Å²) in [4.78, 5) is 22.5. The number of rotatable bonds is 5. The molecule has 1 unspecified atom stereocenters. The van der Waals surface area contributed by atoms with Crippen LogP contribution >= 0.6 is 11.3 Å². The van der Waals surface area contributed by atoms with E-state index in [1.54, 1.807) is 6.07 Å². The van der Waals surface area contributed by atoms with Crippen molar-refractivity contribution in [2.75, 3.05) is 0 Å². The van der Waals surface area contributed by atoms with Crippen molar-refractivity contribution in [2.45, 2.75) is 12.3 Å². The van der Waals surface area contributed by atoms with Crippen molar-refractivity contribution in [1.29, 1.82) is 0 Å². The number of carbonyl (C=O) groups is 2. The molecular weight excluding hydrogens is 288 g/mol. The van der Waals surface area contributed by atoms with Crippen molar-refractivity contribution in [1.82, 2.24) is 10.2 Å². The summed E-state index contributed by atoms with van der Waals surface area (Å²) >= 11 is 1.34. The minimum atomic E-state index is -0.984. The van der Waals surface area contributed by atoms with E-state index in [4.69, 9.17) is 0 Å². The average molecular weight is 300 g/mol. The van der Waals surface area contributed by atoms with Crippen LogP contribution in [0, 0.1) is 0 Å². The fourth-order valence-electron chi connectivity index (χ4n) is 2.28.